The van der Waals surface area contributed by atoms with Gasteiger partial charge in [-0.25, -0.2) is 0 Å². The van der Waals surface area contributed by atoms with Crippen LogP contribution < -0.4 is 10.1 Å². The summed E-state index contributed by atoms with van der Waals surface area (Å²) >= 11 is 3.61. The maximum atomic E-state index is 5.62. The van der Waals surface area contributed by atoms with Gasteiger partial charge in [-0.2, -0.15) is 0 Å². The number of methoxy groups -OCH3 is 1. The summed E-state index contributed by atoms with van der Waals surface area (Å²) in [6.45, 7) is 3.95. The van der Waals surface area contributed by atoms with E-state index in [9.17, 15) is 0 Å². The SMILES string of the molecule is CNC(c1ccc(OC)cc1Br)c1cc(C)oc1C. The number of nitrogens with one attached hydrogen (secondary N) is 1. The highest BCUT2D eigenvalue weighted by Crippen LogP contribution is 2.33. The first-order valence-electron chi connectivity index (χ1n) is 6.14. The number of benzene rings is 1. The summed E-state index contributed by atoms with van der Waals surface area (Å²) in [4.78, 5) is 0. The van der Waals surface area contributed by atoms with Crippen molar-refractivity contribution in [2.75, 3.05) is 14.2 Å². The van der Waals surface area contributed by atoms with Crippen molar-refractivity contribution in [2.45, 2.75) is 19.9 Å². The molecule has 1 N–H and O–H groups in total. The summed E-state index contributed by atoms with van der Waals surface area (Å²) in [6, 6.07) is 8.17. The average Bonchev–Trinajstić information content (AvgIpc) is 2.71. The molecule has 0 aliphatic carbocycles. The van der Waals surface area contributed by atoms with Crippen molar-refractivity contribution >= 4 is 15.9 Å². The Morgan fingerprint density at radius 1 is 1.21 bits per heavy atom. The fourth-order valence-electron chi connectivity index (χ4n) is 2.28. The van der Waals surface area contributed by atoms with E-state index in [1.165, 1.54) is 0 Å². The maximum Gasteiger partial charge on any atom is 0.120 e. The predicted octanol–water partition coefficient (Wildman–Crippen LogP) is 3.98. The Morgan fingerprint density at radius 2 is 1.95 bits per heavy atom. The summed E-state index contributed by atoms with van der Waals surface area (Å²) in [6.07, 6.45) is 0. The Bertz CT molecular complexity index is 578. The number of hydrogen-bond donors (Lipinski definition) is 1. The van der Waals surface area contributed by atoms with Crippen LogP contribution in [0.5, 0.6) is 5.75 Å². The van der Waals surface area contributed by atoms with E-state index >= 15 is 0 Å². The third-order valence-corrected chi connectivity index (χ3v) is 3.88. The summed E-state index contributed by atoms with van der Waals surface area (Å²) in [7, 11) is 3.61. The molecule has 19 heavy (non-hydrogen) atoms. The van der Waals surface area contributed by atoms with Gasteiger partial charge in [-0.3, -0.25) is 0 Å². The molecule has 0 aliphatic rings. The summed E-state index contributed by atoms with van der Waals surface area (Å²) in [5.74, 6) is 2.71. The van der Waals surface area contributed by atoms with Gasteiger partial charge in [0.05, 0.1) is 13.2 Å². The molecule has 1 atom stereocenters. The Balaban J connectivity index is 2.45. The van der Waals surface area contributed by atoms with Crippen molar-refractivity contribution in [2.24, 2.45) is 0 Å². The van der Waals surface area contributed by atoms with E-state index < -0.39 is 0 Å². The lowest BCUT2D eigenvalue weighted by Gasteiger charge is -2.18. The second kappa shape index (κ2) is 5.80. The number of hydrogen-bond acceptors (Lipinski definition) is 3. The van der Waals surface area contributed by atoms with Crippen molar-refractivity contribution in [1.82, 2.24) is 5.32 Å². The van der Waals surface area contributed by atoms with Crippen molar-refractivity contribution in [3.8, 4) is 5.75 Å². The third kappa shape index (κ3) is 2.85. The molecule has 2 rings (SSSR count). The lowest BCUT2D eigenvalue weighted by atomic mass is 9.99. The maximum absolute atomic E-state index is 5.62. The zero-order chi connectivity index (χ0) is 14.0. The van der Waals surface area contributed by atoms with E-state index in [0.717, 1.165) is 32.9 Å². The van der Waals surface area contributed by atoms with Crippen LogP contribution >= 0.6 is 15.9 Å². The van der Waals surface area contributed by atoms with Crippen LogP contribution in [0.3, 0.4) is 0 Å². The van der Waals surface area contributed by atoms with Gasteiger partial charge in [0, 0.05) is 10.0 Å². The van der Waals surface area contributed by atoms with Crippen LogP contribution in [0.2, 0.25) is 0 Å². The number of halogens is 1. The molecule has 0 aliphatic heterocycles. The minimum absolute atomic E-state index is 0.0951. The molecule has 0 fully saturated rings. The second-order valence-electron chi connectivity index (χ2n) is 4.48. The second-order valence-corrected chi connectivity index (χ2v) is 5.33. The van der Waals surface area contributed by atoms with Gasteiger partial charge in [0.1, 0.15) is 17.3 Å². The van der Waals surface area contributed by atoms with E-state index in [1.54, 1.807) is 7.11 Å². The van der Waals surface area contributed by atoms with Gasteiger partial charge in [0.15, 0.2) is 0 Å². The fraction of sp³-hybridized carbons (Fsp3) is 0.333. The van der Waals surface area contributed by atoms with Gasteiger partial charge < -0.3 is 14.5 Å². The molecular formula is C15H18BrNO2. The molecule has 1 unspecified atom stereocenters. The number of ether oxygens (including phenoxy) is 1. The standard InChI is InChI=1S/C15H18BrNO2/c1-9-7-13(10(2)19-9)15(17-3)12-6-5-11(18-4)8-14(12)16/h5-8,15,17H,1-4H3. The fourth-order valence-corrected chi connectivity index (χ4v) is 2.87. The Kier molecular flexibility index (Phi) is 4.32. The summed E-state index contributed by atoms with van der Waals surface area (Å²) < 4.78 is 11.9. The first-order valence-corrected chi connectivity index (χ1v) is 6.93. The highest BCUT2D eigenvalue weighted by molar-refractivity contribution is 9.10. The summed E-state index contributed by atoms with van der Waals surface area (Å²) in [5.41, 5.74) is 2.32. The van der Waals surface area contributed by atoms with E-state index in [4.69, 9.17) is 9.15 Å². The van der Waals surface area contributed by atoms with Crippen LogP contribution in [0.1, 0.15) is 28.7 Å². The molecule has 1 aromatic carbocycles. The largest absolute Gasteiger partial charge is 0.497 e. The number of rotatable bonds is 4. The molecule has 0 amide bonds. The molecule has 1 heterocycles. The lowest BCUT2D eigenvalue weighted by Crippen LogP contribution is -2.18. The number of furan rings is 1. The zero-order valence-electron chi connectivity index (χ0n) is 11.6. The minimum Gasteiger partial charge on any atom is -0.497 e. The van der Waals surface area contributed by atoms with E-state index in [1.807, 2.05) is 33.0 Å². The molecule has 1 aromatic heterocycles. The van der Waals surface area contributed by atoms with Crippen LogP contribution in [0.4, 0.5) is 0 Å². The van der Waals surface area contributed by atoms with Gasteiger partial charge in [0.25, 0.3) is 0 Å². The predicted molar refractivity (Wildman–Crippen MR) is 79.8 cm³/mol. The van der Waals surface area contributed by atoms with Gasteiger partial charge in [-0.05, 0) is 44.7 Å². The van der Waals surface area contributed by atoms with Crippen molar-refractivity contribution in [3.05, 3.63) is 51.4 Å². The third-order valence-electron chi connectivity index (χ3n) is 3.20. The normalized spacial score (nSPS) is 12.5. The van der Waals surface area contributed by atoms with Crippen LogP contribution in [0.15, 0.2) is 33.2 Å². The minimum atomic E-state index is 0.0951. The molecule has 4 heteroatoms. The number of aryl methyl sites for hydroxylation is 2. The smallest absolute Gasteiger partial charge is 0.120 e. The molecule has 2 aromatic rings. The van der Waals surface area contributed by atoms with Gasteiger partial charge in [-0.1, -0.05) is 22.0 Å². The molecule has 0 spiro atoms. The molecule has 0 bridgehead atoms. The van der Waals surface area contributed by atoms with Gasteiger partial charge in [-0.15, -0.1) is 0 Å². The first kappa shape index (κ1) is 14.2. The van der Waals surface area contributed by atoms with Crippen LogP contribution in [-0.4, -0.2) is 14.2 Å². The van der Waals surface area contributed by atoms with Gasteiger partial charge >= 0.3 is 0 Å². The first-order chi connectivity index (χ1) is 9.06. The highest BCUT2D eigenvalue weighted by atomic mass is 79.9. The molecule has 0 saturated carbocycles. The van der Waals surface area contributed by atoms with Crippen LogP contribution in [-0.2, 0) is 0 Å². The Hall–Kier alpha value is -1.26. The molecule has 102 valence electrons. The monoisotopic (exact) mass is 323 g/mol. The van der Waals surface area contributed by atoms with E-state index in [-0.39, 0.29) is 6.04 Å². The quantitative estimate of drug-likeness (QED) is 0.924. The van der Waals surface area contributed by atoms with E-state index in [0.29, 0.717) is 0 Å². The van der Waals surface area contributed by atoms with Gasteiger partial charge in [0.2, 0.25) is 0 Å². The van der Waals surface area contributed by atoms with Crippen molar-refractivity contribution in [1.29, 1.82) is 0 Å². The van der Waals surface area contributed by atoms with Crippen molar-refractivity contribution in [3.63, 3.8) is 0 Å². The van der Waals surface area contributed by atoms with Crippen LogP contribution in [0.25, 0.3) is 0 Å². The highest BCUT2D eigenvalue weighted by Gasteiger charge is 2.19. The summed E-state index contributed by atoms with van der Waals surface area (Å²) in [5, 5.41) is 3.34. The molecular weight excluding hydrogens is 306 g/mol. The van der Waals surface area contributed by atoms with E-state index in [2.05, 4.69) is 33.4 Å². The lowest BCUT2D eigenvalue weighted by molar-refractivity contribution is 0.414. The Labute approximate surface area is 122 Å². The zero-order valence-corrected chi connectivity index (χ0v) is 13.2. The topological polar surface area (TPSA) is 34.4 Å². The molecule has 0 saturated heterocycles. The average molecular weight is 324 g/mol. The Morgan fingerprint density at radius 3 is 2.42 bits per heavy atom. The van der Waals surface area contributed by atoms with Crippen LogP contribution in [0, 0.1) is 13.8 Å². The van der Waals surface area contributed by atoms with Crippen molar-refractivity contribution < 1.29 is 9.15 Å². The molecule has 0 radical (unpaired) electrons. The molecule has 3 nitrogen and oxygen atoms in total.